The lowest BCUT2D eigenvalue weighted by Gasteiger charge is -2.15. The average Bonchev–Trinajstić information content (AvgIpc) is 3.16. The number of carbonyl (C=O) groups is 4. The summed E-state index contributed by atoms with van der Waals surface area (Å²) in [7, 11) is 0. The van der Waals surface area contributed by atoms with Crippen molar-refractivity contribution in [2.24, 2.45) is 11.8 Å². The van der Waals surface area contributed by atoms with Gasteiger partial charge in [0.15, 0.2) is 24.6 Å². The summed E-state index contributed by atoms with van der Waals surface area (Å²) in [5, 5.41) is 0. The van der Waals surface area contributed by atoms with Crippen LogP contribution in [0.4, 0.5) is 0 Å². The van der Waals surface area contributed by atoms with Crippen molar-refractivity contribution in [3.63, 3.8) is 0 Å². The summed E-state index contributed by atoms with van der Waals surface area (Å²) in [6.45, 7) is 8.02. The van der Waals surface area contributed by atoms with Crippen molar-refractivity contribution in [2.75, 3.05) is 26.4 Å². The first kappa shape index (κ1) is 26.1. The lowest BCUT2D eigenvalue weighted by Crippen LogP contribution is -2.45. The number of esters is 4. The molecule has 0 fully saturated rings. The van der Waals surface area contributed by atoms with E-state index in [4.69, 9.17) is 18.9 Å². The minimum Gasteiger partial charge on any atom is -0.465 e. The van der Waals surface area contributed by atoms with Crippen molar-refractivity contribution in [1.82, 2.24) is 4.68 Å². The lowest BCUT2D eigenvalue weighted by molar-refractivity contribution is -0.776. The zero-order chi connectivity index (χ0) is 23.2. The fourth-order valence-corrected chi connectivity index (χ4v) is 2.97. The third-order valence-electron chi connectivity index (χ3n) is 4.42. The Morgan fingerprint density at radius 1 is 0.742 bits per heavy atom. The molecular weight excluding hydrogens is 408 g/mol. The summed E-state index contributed by atoms with van der Waals surface area (Å²) >= 11 is 0. The molecule has 0 aliphatic rings. The van der Waals surface area contributed by atoms with Crippen LogP contribution in [-0.4, -0.2) is 55.0 Å². The second-order valence-corrected chi connectivity index (χ2v) is 6.51. The maximum absolute atomic E-state index is 12.2. The van der Waals surface area contributed by atoms with Gasteiger partial charge in [0.2, 0.25) is 0 Å². The molecule has 10 nitrogen and oxygen atoms in total. The Hall–Kier alpha value is -2.91. The van der Waals surface area contributed by atoms with Crippen LogP contribution in [0.3, 0.4) is 0 Å². The van der Waals surface area contributed by atoms with Crippen LogP contribution >= 0.6 is 0 Å². The molecule has 1 rings (SSSR count). The first-order chi connectivity index (χ1) is 14.9. The number of hydrogen-bond donors (Lipinski definition) is 0. The van der Waals surface area contributed by atoms with Gasteiger partial charge in [0.25, 0.3) is 0 Å². The highest BCUT2D eigenvalue weighted by atomic mass is 16.6. The summed E-state index contributed by atoms with van der Waals surface area (Å²) in [4.78, 5) is 48.6. The summed E-state index contributed by atoms with van der Waals surface area (Å²) in [5.41, 5.74) is 0. The second-order valence-electron chi connectivity index (χ2n) is 6.51. The summed E-state index contributed by atoms with van der Waals surface area (Å²) in [6.07, 6.45) is 3.92. The molecule has 0 saturated heterocycles. The highest BCUT2D eigenvalue weighted by Gasteiger charge is 2.32. The zero-order valence-corrected chi connectivity index (χ0v) is 18.7. The molecule has 31 heavy (non-hydrogen) atoms. The van der Waals surface area contributed by atoms with Crippen molar-refractivity contribution >= 4 is 23.9 Å². The highest BCUT2D eigenvalue weighted by molar-refractivity contribution is 5.95. The molecule has 0 unspecified atom stereocenters. The minimum atomic E-state index is -1.03. The Labute approximate surface area is 182 Å². The molecule has 0 radical (unpaired) electrons. The molecule has 0 aromatic carbocycles. The molecule has 0 aliphatic heterocycles. The highest BCUT2D eigenvalue weighted by Crippen LogP contribution is 2.12. The lowest BCUT2D eigenvalue weighted by atomic mass is 10.1. The number of aromatic nitrogens is 2. The number of carbonyl (C=O) groups excluding carboxylic acids is 4. The van der Waals surface area contributed by atoms with Gasteiger partial charge in [-0.15, -0.1) is 4.68 Å². The van der Waals surface area contributed by atoms with Gasteiger partial charge in [-0.25, -0.2) is 0 Å². The average molecular weight is 442 g/mol. The number of hydrogen-bond acceptors (Lipinski definition) is 8. The topological polar surface area (TPSA) is 114 Å². The van der Waals surface area contributed by atoms with E-state index in [2.05, 4.69) is 0 Å². The first-order valence-electron chi connectivity index (χ1n) is 10.6. The molecule has 174 valence electrons. The maximum atomic E-state index is 12.2. The Balaban J connectivity index is 2.83. The van der Waals surface area contributed by atoms with Crippen molar-refractivity contribution in [1.29, 1.82) is 0 Å². The Morgan fingerprint density at radius 3 is 1.58 bits per heavy atom. The summed E-state index contributed by atoms with van der Waals surface area (Å²) < 4.78 is 23.5. The van der Waals surface area contributed by atoms with Crippen molar-refractivity contribution < 1.29 is 42.8 Å². The second kappa shape index (κ2) is 14.2. The van der Waals surface area contributed by atoms with Crippen molar-refractivity contribution in [2.45, 2.75) is 53.6 Å². The maximum Gasteiger partial charge on any atom is 0.320 e. The predicted octanol–water partition coefficient (Wildman–Crippen LogP) is 1.04. The van der Waals surface area contributed by atoms with Crippen LogP contribution in [0.15, 0.2) is 18.5 Å². The van der Waals surface area contributed by atoms with Crippen LogP contribution in [0.1, 0.15) is 40.5 Å². The fraction of sp³-hybridized carbons (Fsp3) is 0.667. The van der Waals surface area contributed by atoms with Gasteiger partial charge in [0.05, 0.1) is 39.2 Å². The largest absolute Gasteiger partial charge is 0.465 e. The molecule has 10 heteroatoms. The van der Waals surface area contributed by atoms with Gasteiger partial charge >= 0.3 is 23.9 Å². The van der Waals surface area contributed by atoms with Gasteiger partial charge in [0, 0.05) is 12.5 Å². The smallest absolute Gasteiger partial charge is 0.320 e. The number of nitrogens with zero attached hydrogens (tertiary/aromatic N) is 2. The molecule has 0 aliphatic carbocycles. The van der Waals surface area contributed by atoms with Crippen LogP contribution in [0, 0.1) is 11.8 Å². The Morgan fingerprint density at radius 2 is 1.16 bits per heavy atom. The quantitative estimate of drug-likeness (QED) is 0.182. The molecule has 1 heterocycles. The van der Waals surface area contributed by atoms with Gasteiger partial charge in [-0.3, -0.25) is 19.2 Å². The number of aryl methyl sites for hydroxylation is 2. The summed E-state index contributed by atoms with van der Waals surface area (Å²) in [6, 6.07) is 1.79. The fourth-order valence-electron chi connectivity index (χ4n) is 2.97. The van der Waals surface area contributed by atoms with E-state index in [1.165, 1.54) is 0 Å². The molecule has 0 amide bonds. The molecule has 1 aromatic rings. The van der Waals surface area contributed by atoms with Crippen LogP contribution in [-0.2, 0) is 51.2 Å². The minimum absolute atomic E-state index is 0.168. The van der Waals surface area contributed by atoms with Crippen LogP contribution in [0.2, 0.25) is 0 Å². The molecule has 0 saturated carbocycles. The normalized spacial score (nSPS) is 10.8. The molecule has 0 N–H and O–H groups in total. The van der Waals surface area contributed by atoms with Crippen LogP contribution in [0.5, 0.6) is 0 Å². The third kappa shape index (κ3) is 8.39. The zero-order valence-electron chi connectivity index (χ0n) is 18.7. The van der Waals surface area contributed by atoms with Crippen LogP contribution < -0.4 is 4.68 Å². The Bertz CT molecular complexity index is 636. The van der Waals surface area contributed by atoms with Crippen LogP contribution in [0.25, 0.3) is 0 Å². The van der Waals surface area contributed by atoms with E-state index in [0.29, 0.717) is 13.1 Å². The SMILES string of the molecule is CCOC(=O)C(CCn1ccc[n+]1CCC(C(=O)OCC)C(=O)OCC)C(=O)OCC. The molecular formula is C21H33N2O8+. The van der Waals surface area contributed by atoms with Gasteiger partial charge < -0.3 is 18.9 Å². The van der Waals surface area contributed by atoms with E-state index in [1.807, 2.05) is 0 Å². The third-order valence-corrected chi connectivity index (χ3v) is 4.42. The van der Waals surface area contributed by atoms with E-state index in [0.717, 1.165) is 0 Å². The van der Waals surface area contributed by atoms with Crippen molar-refractivity contribution in [3.8, 4) is 0 Å². The van der Waals surface area contributed by atoms with E-state index in [1.54, 1.807) is 55.5 Å². The molecule has 0 spiro atoms. The summed E-state index contributed by atoms with van der Waals surface area (Å²) in [5.74, 6) is -4.53. The molecule has 0 bridgehead atoms. The first-order valence-corrected chi connectivity index (χ1v) is 10.6. The standard InChI is InChI=1S/C21H33N2O8/c1-5-28-18(24)16(19(25)29-6-2)10-14-22-12-9-13-23(22)15-11-17(20(26)30-7-3)21(27)31-8-4/h9,12-13,16-17H,5-8,10-11,14-15H2,1-4H3/q+1. The van der Waals surface area contributed by atoms with E-state index in [-0.39, 0.29) is 39.3 Å². The van der Waals surface area contributed by atoms with E-state index in [9.17, 15) is 19.2 Å². The number of rotatable bonds is 14. The van der Waals surface area contributed by atoms with Gasteiger partial charge in [0.1, 0.15) is 0 Å². The van der Waals surface area contributed by atoms with Gasteiger partial charge in [-0.2, -0.15) is 4.68 Å². The predicted molar refractivity (Wildman–Crippen MR) is 107 cm³/mol. The number of ether oxygens (including phenoxy) is 4. The Kier molecular flexibility index (Phi) is 11.9. The van der Waals surface area contributed by atoms with Crippen molar-refractivity contribution in [3.05, 3.63) is 18.5 Å². The monoisotopic (exact) mass is 441 g/mol. The van der Waals surface area contributed by atoms with Gasteiger partial charge in [-0.05, 0) is 34.1 Å². The van der Waals surface area contributed by atoms with E-state index >= 15 is 0 Å². The molecule has 1 aromatic heterocycles. The van der Waals surface area contributed by atoms with E-state index < -0.39 is 35.7 Å². The van der Waals surface area contributed by atoms with Gasteiger partial charge in [-0.1, -0.05) is 0 Å². The molecule has 0 atom stereocenters.